The molecule has 2 amide bonds. The molecule has 6 heteroatoms. The van der Waals surface area contributed by atoms with Gasteiger partial charge in [0.15, 0.2) is 0 Å². The second-order valence-electron chi connectivity index (χ2n) is 7.23. The Morgan fingerprint density at radius 3 is 2.14 bits per heavy atom. The molecule has 1 heterocycles. The molecule has 1 N–H and O–H groups in total. The van der Waals surface area contributed by atoms with Gasteiger partial charge in [-0.1, -0.05) is 0 Å². The van der Waals surface area contributed by atoms with Gasteiger partial charge < -0.3 is 15.0 Å². The maximum atomic E-state index is 12.1. The number of nitrogens with zero attached hydrogens (tertiary/aromatic N) is 1. The molecule has 1 saturated heterocycles. The highest BCUT2D eigenvalue weighted by molar-refractivity contribution is 6.19. The quantitative estimate of drug-likeness (QED) is 0.814. The SMILES string of the molecule is CC(C)(C)OC(=O)N1CCC(NC(=O)C(C)(C)CCl)CC1. The molecule has 0 aromatic rings. The summed E-state index contributed by atoms with van der Waals surface area (Å²) in [5, 5.41) is 3.02. The van der Waals surface area contributed by atoms with Crippen LogP contribution in [0.3, 0.4) is 0 Å². The highest BCUT2D eigenvalue weighted by Crippen LogP contribution is 2.20. The van der Waals surface area contributed by atoms with Gasteiger partial charge in [0, 0.05) is 25.0 Å². The second kappa shape index (κ2) is 6.86. The van der Waals surface area contributed by atoms with Gasteiger partial charge in [-0.05, 0) is 47.5 Å². The molecule has 5 nitrogen and oxygen atoms in total. The maximum Gasteiger partial charge on any atom is 0.410 e. The molecule has 0 saturated carbocycles. The predicted octanol–water partition coefficient (Wildman–Crippen LogP) is 2.77. The first-order valence-corrected chi connectivity index (χ1v) is 7.93. The molecule has 21 heavy (non-hydrogen) atoms. The van der Waals surface area contributed by atoms with Gasteiger partial charge in [-0.25, -0.2) is 4.79 Å². The van der Waals surface area contributed by atoms with Crippen molar-refractivity contribution in [3.05, 3.63) is 0 Å². The Morgan fingerprint density at radius 2 is 1.71 bits per heavy atom. The van der Waals surface area contributed by atoms with Crippen molar-refractivity contribution in [3.63, 3.8) is 0 Å². The van der Waals surface area contributed by atoms with Crippen molar-refractivity contribution in [2.45, 2.75) is 59.1 Å². The molecule has 0 spiro atoms. The highest BCUT2D eigenvalue weighted by atomic mass is 35.5. The van der Waals surface area contributed by atoms with Crippen LogP contribution < -0.4 is 5.32 Å². The molecule has 122 valence electrons. The smallest absolute Gasteiger partial charge is 0.410 e. The fraction of sp³-hybridized carbons (Fsp3) is 0.867. The first kappa shape index (κ1) is 18.1. The van der Waals surface area contributed by atoms with E-state index in [4.69, 9.17) is 16.3 Å². The summed E-state index contributed by atoms with van der Waals surface area (Å²) in [6.07, 6.45) is 1.19. The van der Waals surface area contributed by atoms with Crippen LogP contribution in [-0.4, -0.2) is 47.5 Å². The number of amides is 2. The van der Waals surface area contributed by atoms with Gasteiger partial charge in [-0.3, -0.25) is 4.79 Å². The van der Waals surface area contributed by atoms with E-state index in [1.165, 1.54) is 0 Å². The third kappa shape index (κ3) is 5.73. The molecule has 1 rings (SSSR count). The maximum absolute atomic E-state index is 12.1. The number of hydrogen-bond acceptors (Lipinski definition) is 3. The molecule has 0 radical (unpaired) electrons. The molecule has 0 atom stereocenters. The number of alkyl halides is 1. The largest absolute Gasteiger partial charge is 0.444 e. The number of carbonyl (C=O) groups is 2. The van der Waals surface area contributed by atoms with Crippen LogP contribution in [0.2, 0.25) is 0 Å². The molecule has 0 aromatic heterocycles. The topological polar surface area (TPSA) is 58.6 Å². The first-order chi connectivity index (χ1) is 9.55. The molecule has 1 aliphatic rings. The van der Waals surface area contributed by atoms with Crippen molar-refractivity contribution in [3.8, 4) is 0 Å². The Morgan fingerprint density at radius 1 is 1.19 bits per heavy atom. The summed E-state index contributed by atoms with van der Waals surface area (Å²) >= 11 is 5.80. The lowest BCUT2D eigenvalue weighted by Crippen LogP contribution is -2.50. The van der Waals surface area contributed by atoms with Crippen LogP contribution in [0.15, 0.2) is 0 Å². The van der Waals surface area contributed by atoms with Gasteiger partial charge in [0.1, 0.15) is 5.60 Å². The predicted molar refractivity (Wildman–Crippen MR) is 83.5 cm³/mol. The lowest BCUT2D eigenvalue weighted by Gasteiger charge is -2.34. The molecule has 0 unspecified atom stereocenters. The Labute approximate surface area is 132 Å². The van der Waals surface area contributed by atoms with Gasteiger partial charge in [0.05, 0.1) is 5.41 Å². The summed E-state index contributed by atoms with van der Waals surface area (Å²) in [7, 11) is 0. The van der Waals surface area contributed by atoms with Gasteiger partial charge in [0.2, 0.25) is 5.91 Å². The number of likely N-dealkylation sites (tertiary alicyclic amines) is 1. The Bertz CT molecular complexity index is 383. The van der Waals surface area contributed by atoms with Crippen LogP contribution in [0, 0.1) is 5.41 Å². The zero-order valence-corrected chi connectivity index (χ0v) is 14.4. The van der Waals surface area contributed by atoms with E-state index in [9.17, 15) is 9.59 Å². The number of hydrogen-bond donors (Lipinski definition) is 1. The third-order valence-corrected chi connectivity index (χ3v) is 4.10. The molecular weight excluding hydrogens is 292 g/mol. The first-order valence-electron chi connectivity index (χ1n) is 7.40. The summed E-state index contributed by atoms with van der Waals surface area (Å²) in [5.41, 5.74) is -1.05. The fourth-order valence-corrected chi connectivity index (χ4v) is 2.10. The van der Waals surface area contributed by atoms with E-state index in [0.717, 1.165) is 12.8 Å². The van der Waals surface area contributed by atoms with E-state index >= 15 is 0 Å². The number of rotatable bonds is 3. The average Bonchev–Trinajstić information content (AvgIpc) is 2.37. The average molecular weight is 319 g/mol. The van der Waals surface area contributed by atoms with E-state index in [-0.39, 0.29) is 23.9 Å². The van der Waals surface area contributed by atoms with Gasteiger partial charge >= 0.3 is 6.09 Å². The standard InChI is InChI=1S/C15H27ClN2O3/c1-14(2,3)21-13(20)18-8-6-11(7-9-18)17-12(19)15(4,5)10-16/h11H,6-10H2,1-5H3,(H,17,19). The van der Waals surface area contributed by atoms with Crippen molar-refractivity contribution < 1.29 is 14.3 Å². The van der Waals surface area contributed by atoms with Crippen molar-refractivity contribution >= 4 is 23.6 Å². The van der Waals surface area contributed by atoms with Crippen LogP contribution >= 0.6 is 11.6 Å². The number of carbonyl (C=O) groups excluding carboxylic acids is 2. The lowest BCUT2D eigenvalue weighted by atomic mass is 9.94. The minimum atomic E-state index is -0.566. The second-order valence-corrected chi connectivity index (χ2v) is 7.50. The minimum Gasteiger partial charge on any atom is -0.444 e. The van der Waals surface area contributed by atoms with Crippen LogP contribution in [0.25, 0.3) is 0 Å². The lowest BCUT2D eigenvalue weighted by molar-refractivity contribution is -0.129. The van der Waals surface area contributed by atoms with E-state index in [1.807, 2.05) is 34.6 Å². The number of nitrogens with one attached hydrogen (secondary N) is 1. The third-order valence-electron chi connectivity index (χ3n) is 3.43. The number of piperidine rings is 1. The Balaban J connectivity index is 2.42. The monoisotopic (exact) mass is 318 g/mol. The summed E-state index contributed by atoms with van der Waals surface area (Å²) in [6, 6.07) is 0.0960. The van der Waals surface area contributed by atoms with E-state index in [2.05, 4.69) is 5.32 Å². The molecular formula is C15H27ClN2O3. The molecule has 0 aliphatic carbocycles. The van der Waals surface area contributed by atoms with Crippen molar-refractivity contribution in [1.82, 2.24) is 10.2 Å². The summed E-state index contributed by atoms with van der Waals surface area (Å²) < 4.78 is 5.35. The zero-order valence-electron chi connectivity index (χ0n) is 13.7. The summed E-state index contributed by atoms with van der Waals surface area (Å²) in [6.45, 7) is 10.4. The normalized spacial score (nSPS) is 17.5. The number of ether oxygens (including phenoxy) is 1. The van der Waals surface area contributed by atoms with Crippen LogP contribution in [0.4, 0.5) is 4.79 Å². The van der Waals surface area contributed by atoms with Crippen molar-refractivity contribution in [1.29, 1.82) is 0 Å². The van der Waals surface area contributed by atoms with Crippen LogP contribution in [0.5, 0.6) is 0 Å². The Hall–Kier alpha value is -0.970. The molecule has 0 aromatic carbocycles. The van der Waals surface area contributed by atoms with Crippen LogP contribution in [0.1, 0.15) is 47.5 Å². The van der Waals surface area contributed by atoms with E-state index in [1.54, 1.807) is 4.90 Å². The van der Waals surface area contributed by atoms with Gasteiger partial charge in [-0.2, -0.15) is 0 Å². The van der Waals surface area contributed by atoms with Crippen molar-refractivity contribution in [2.24, 2.45) is 5.41 Å². The van der Waals surface area contributed by atoms with Crippen LogP contribution in [-0.2, 0) is 9.53 Å². The fourth-order valence-electron chi connectivity index (χ4n) is 1.97. The van der Waals surface area contributed by atoms with E-state index < -0.39 is 11.0 Å². The molecule has 0 bridgehead atoms. The minimum absolute atomic E-state index is 0.0341. The van der Waals surface area contributed by atoms with Crippen molar-refractivity contribution in [2.75, 3.05) is 19.0 Å². The van der Waals surface area contributed by atoms with Gasteiger partial charge in [0.25, 0.3) is 0 Å². The zero-order chi connectivity index (χ0) is 16.3. The number of halogens is 1. The molecule has 1 aliphatic heterocycles. The summed E-state index contributed by atoms with van der Waals surface area (Å²) in [5.74, 6) is 0.253. The Kier molecular flexibility index (Phi) is 5.91. The molecule has 1 fully saturated rings. The summed E-state index contributed by atoms with van der Waals surface area (Å²) in [4.78, 5) is 25.7. The van der Waals surface area contributed by atoms with Gasteiger partial charge in [-0.15, -0.1) is 11.6 Å². The van der Waals surface area contributed by atoms with E-state index in [0.29, 0.717) is 13.1 Å². The highest BCUT2D eigenvalue weighted by Gasteiger charge is 2.31.